The van der Waals surface area contributed by atoms with Crippen LogP contribution in [0.15, 0.2) is 24.3 Å². The molecule has 1 heterocycles. The van der Waals surface area contributed by atoms with E-state index < -0.39 is 17.8 Å². The molecule has 0 fully saturated rings. The summed E-state index contributed by atoms with van der Waals surface area (Å²) < 4.78 is 40.8. The normalized spacial score (nSPS) is 13.8. The average molecular weight is 394 g/mol. The number of benzene rings is 1. The molecule has 1 aromatic heterocycles. The Bertz CT molecular complexity index is 886. The Hall–Kier alpha value is -2.84. The maximum atomic E-state index is 13.2. The number of anilines is 1. The average Bonchev–Trinajstić information content (AvgIpc) is 3.00. The first-order valence-electron chi connectivity index (χ1n) is 8.94. The lowest BCUT2D eigenvalue weighted by molar-refractivity contribution is -0.142. The molecule has 0 bridgehead atoms. The fraction of sp³-hybridized carbons (Fsp3) is 0.421. The highest BCUT2D eigenvalue weighted by Gasteiger charge is 2.39. The van der Waals surface area contributed by atoms with Crippen LogP contribution >= 0.6 is 0 Å². The monoisotopic (exact) mass is 394 g/mol. The smallest absolute Gasteiger partial charge is 0.345 e. The molecule has 2 aromatic rings. The standard InChI is InChI=1S/C19H21F3N4O2/c1-25(2)18(28)12-7-9-13(10-8-12)23-16(27)11-26-15-6-4-3-5-14(15)17(24-26)19(20,21)22/h7-10H,3-6,11H2,1-2H3,(H,23,27). The topological polar surface area (TPSA) is 67.2 Å². The van der Waals surface area contributed by atoms with Gasteiger partial charge in [-0.15, -0.1) is 0 Å². The Labute approximate surface area is 160 Å². The molecule has 0 atom stereocenters. The molecule has 0 radical (unpaired) electrons. The number of hydrogen-bond acceptors (Lipinski definition) is 3. The van der Waals surface area contributed by atoms with Crippen molar-refractivity contribution < 1.29 is 22.8 Å². The number of aromatic nitrogens is 2. The van der Waals surface area contributed by atoms with E-state index in [1.807, 2.05) is 0 Å². The summed E-state index contributed by atoms with van der Waals surface area (Å²) in [5.74, 6) is -0.642. The van der Waals surface area contributed by atoms with Gasteiger partial charge in [0.25, 0.3) is 5.91 Å². The van der Waals surface area contributed by atoms with Gasteiger partial charge in [-0.05, 0) is 49.9 Å². The van der Waals surface area contributed by atoms with E-state index in [2.05, 4.69) is 10.4 Å². The number of amides is 2. The molecule has 9 heteroatoms. The molecule has 0 unspecified atom stereocenters. The molecule has 0 spiro atoms. The van der Waals surface area contributed by atoms with Crippen molar-refractivity contribution in [1.82, 2.24) is 14.7 Å². The number of carbonyl (C=O) groups excluding carboxylic acids is 2. The SMILES string of the molecule is CN(C)C(=O)c1ccc(NC(=O)Cn2nc(C(F)(F)F)c3c2CCCC3)cc1. The van der Waals surface area contributed by atoms with E-state index in [0.29, 0.717) is 36.2 Å². The van der Waals surface area contributed by atoms with Crippen LogP contribution in [0.25, 0.3) is 0 Å². The van der Waals surface area contributed by atoms with Gasteiger partial charge in [-0.25, -0.2) is 0 Å². The van der Waals surface area contributed by atoms with Gasteiger partial charge in [-0.2, -0.15) is 18.3 Å². The molecule has 1 aromatic carbocycles. The molecule has 0 saturated heterocycles. The molecule has 1 N–H and O–H groups in total. The van der Waals surface area contributed by atoms with E-state index in [-0.39, 0.29) is 18.0 Å². The van der Waals surface area contributed by atoms with Crippen molar-refractivity contribution in [2.75, 3.05) is 19.4 Å². The second-order valence-electron chi connectivity index (χ2n) is 6.96. The van der Waals surface area contributed by atoms with Gasteiger partial charge in [-0.1, -0.05) is 0 Å². The van der Waals surface area contributed by atoms with Gasteiger partial charge in [0.1, 0.15) is 6.54 Å². The summed E-state index contributed by atoms with van der Waals surface area (Å²) in [5, 5.41) is 6.32. The van der Waals surface area contributed by atoms with E-state index in [0.717, 1.165) is 11.1 Å². The maximum absolute atomic E-state index is 13.2. The first-order valence-corrected chi connectivity index (χ1v) is 8.94. The van der Waals surface area contributed by atoms with Gasteiger partial charge in [0.05, 0.1) is 0 Å². The van der Waals surface area contributed by atoms with Crippen molar-refractivity contribution >= 4 is 17.5 Å². The Kier molecular flexibility index (Phi) is 5.44. The van der Waals surface area contributed by atoms with E-state index in [1.165, 1.54) is 4.90 Å². The van der Waals surface area contributed by atoms with Crippen LogP contribution in [0.3, 0.4) is 0 Å². The summed E-state index contributed by atoms with van der Waals surface area (Å²) in [7, 11) is 3.27. The summed E-state index contributed by atoms with van der Waals surface area (Å²) >= 11 is 0. The van der Waals surface area contributed by atoms with E-state index in [9.17, 15) is 22.8 Å². The third-order valence-electron chi connectivity index (χ3n) is 4.64. The van der Waals surface area contributed by atoms with Crippen LogP contribution < -0.4 is 5.32 Å². The van der Waals surface area contributed by atoms with E-state index in [4.69, 9.17) is 0 Å². The van der Waals surface area contributed by atoms with Crippen LogP contribution in [0.2, 0.25) is 0 Å². The molecular formula is C19H21F3N4O2. The van der Waals surface area contributed by atoms with Gasteiger partial charge < -0.3 is 10.2 Å². The van der Waals surface area contributed by atoms with Crippen molar-refractivity contribution in [2.24, 2.45) is 0 Å². The molecular weight excluding hydrogens is 373 g/mol. The number of halogens is 3. The molecule has 2 amide bonds. The van der Waals surface area contributed by atoms with Crippen molar-refractivity contribution in [3.63, 3.8) is 0 Å². The fourth-order valence-corrected chi connectivity index (χ4v) is 3.32. The predicted octanol–water partition coefficient (Wildman–Crippen LogP) is 3.12. The van der Waals surface area contributed by atoms with Gasteiger partial charge in [0.15, 0.2) is 5.69 Å². The number of nitrogens with zero attached hydrogens (tertiary/aromatic N) is 3. The summed E-state index contributed by atoms with van der Waals surface area (Å²) in [6.07, 6.45) is -2.26. The minimum absolute atomic E-state index is 0.166. The molecule has 1 aliphatic rings. The van der Waals surface area contributed by atoms with Crippen molar-refractivity contribution in [1.29, 1.82) is 0 Å². The molecule has 6 nitrogen and oxygen atoms in total. The zero-order chi connectivity index (χ0) is 20.5. The quantitative estimate of drug-likeness (QED) is 0.867. The third-order valence-corrected chi connectivity index (χ3v) is 4.64. The number of rotatable bonds is 4. The summed E-state index contributed by atoms with van der Waals surface area (Å²) in [5.41, 5.74) is 0.733. The van der Waals surface area contributed by atoms with Crippen LogP contribution in [0.5, 0.6) is 0 Å². The largest absolute Gasteiger partial charge is 0.435 e. The fourth-order valence-electron chi connectivity index (χ4n) is 3.32. The number of fused-ring (bicyclic) bond motifs is 1. The van der Waals surface area contributed by atoms with Gasteiger partial charge in [-0.3, -0.25) is 14.3 Å². The first-order chi connectivity index (χ1) is 13.2. The van der Waals surface area contributed by atoms with E-state index in [1.54, 1.807) is 38.4 Å². The lowest BCUT2D eigenvalue weighted by Gasteiger charge is -2.15. The predicted molar refractivity (Wildman–Crippen MR) is 97.0 cm³/mol. The van der Waals surface area contributed by atoms with Gasteiger partial charge in [0.2, 0.25) is 5.91 Å². The summed E-state index contributed by atoms with van der Waals surface area (Å²) in [4.78, 5) is 25.6. The van der Waals surface area contributed by atoms with Gasteiger partial charge in [0, 0.05) is 36.6 Å². The third kappa shape index (κ3) is 4.18. The van der Waals surface area contributed by atoms with Crippen LogP contribution in [-0.2, 0) is 30.4 Å². The van der Waals surface area contributed by atoms with Crippen molar-refractivity contribution in [3.8, 4) is 0 Å². The van der Waals surface area contributed by atoms with Crippen LogP contribution in [0, 0.1) is 0 Å². The van der Waals surface area contributed by atoms with Crippen LogP contribution in [0.1, 0.15) is 40.2 Å². The Morgan fingerprint density at radius 3 is 2.39 bits per heavy atom. The van der Waals surface area contributed by atoms with Crippen LogP contribution in [0.4, 0.5) is 18.9 Å². The highest BCUT2D eigenvalue weighted by molar-refractivity contribution is 5.95. The first kappa shape index (κ1) is 19.9. The second kappa shape index (κ2) is 7.65. The number of nitrogens with one attached hydrogen (secondary N) is 1. The van der Waals surface area contributed by atoms with Crippen LogP contribution in [-0.4, -0.2) is 40.6 Å². The molecule has 0 aliphatic heterocycles. The minimum atomic E-state index is -4.53. The number of hydrogen-bond donors (Lipinski definition) is 1. The lowest BCUT2D eigenvalue weighted by Crippen LogP contribution is -2.23. The number of carbonyl (C=O) groups is 2. The molecule has 150 valence electrons. The zero-order valence-corrected chi connectivity index (χ0v) is 15.6. The maximum Gasteiger partial charge on any atom is 0.435 e. The Morgan fingerprint density at radius 2 is 1.79 bits per heavy atom. The molecule has 28 heavy (non-hydrogen) atoms. The van der Waals surface area contributed by atoms with E-state index >= 15 is 0 Å². The zero-order valence-electron chi connectivity index (χ0n) is 15.6. The molecule has 0 saturated carbocycles. The highest BCUT2D eigenvalue weighted by Crippen LogP contribution is 2.35. The second-order valence-corrected chi connectivity index (χ2v) is 6.96. The highest BCUT2D eigenvalue weighted by atomic mass is 19.4. The number of alkyl halides is 3. The summed E-state index contributed by atoms with van der Waals surface area (Å²) in [6, 6.07) is 6.31. The Balaban J connectivity index is 1.73. The summed E-state index contributed by atoms with van der Waals surface area (Å²) in [6.45, 7) is -0.295. The van der Waals surface area contributed by atoms with Crippen molar-refractivity contribution in [3.05, 3.63) is 46.8 Å². The molecule has 1 aliphatic carbocycles. The lowest BCUT2D eigenvalue weighted by atomic mass is 9.95. The van der Waals surface area contributed by atoms with Gasteiger partial charge >= 0.3 is 6.18 Å². The molecule has 3 rings (SSSR count). The van der Waals surface area contributed by atoms with Crippen molar-refractivity contribution in [2.45, 2.75) is 38.4 Å². The Morgan fingerprint density at radius 1 is 1.14 bits per heavy atom. The minimum Gasteiger partial charge on any atom is -0.345 e.